The summed E-state index contributed by atoms with van der Waals surface area (Å²) in [6.07, 6.45) is 3.23. The molecule has 0 radical (unpaired) electrons. The maximum absolute atomic E-state index is 6.16. The molecule has 0 spiro atoms. The van der Waals surface area contributed by atoms with Crippen molar-refractivity contribution >= 4 is 29.2 Å². The number of thioether (sulfide) groups is 1. The molecule has 3 nitrogen and oxygen atoms in total. The van der Waals surface area contributed by atoms with Gasteiger partial charge in [-0.15, -0.1) is 0 Å². The van der Waals surface area contributed by atoms with E-state index in [1.807, 2.05) is 23.9 Å². The van der Waals surface area contributed by atoms with Crippen molar-refractivity contribution in [1.82, 2.24) is 10.3 Å². The minimum atomic E-state index is 0.733. The summed E-state index contributed by atoms with van der Waals surface area (Å²) >= 11 is 8.00. The molecule has 18 heavy (non-hydrogen) atoms. The Bertz CT molecular complexity index is 360. The average molecular weight is 288 g/mol. The van der Waals surface area contributed by atoms with Crippen molar-refractivity contribution < 1.29 is 0 Å². The average Bonchev–Trinajstić information content (AvgIpc) is 2.38. The highest BCUT2D eigenvalue weighted by atomic mass is 35.5. The predicted octanol–water partition coefficient (Wildman–Crippen LogP) is 3.03. The molecule has 5 heteroatoms. The monoisotopic (exact) mass is 287 g/mol. The van der Waals surface area contributed by atoms with Gasteiger partial charge in [-0.2, -0.15) is 11.8 Å². The summed E-state index contributed by atoms with van der Waals surface area (Å²) in [6, 6.07) is 3.91. The number of nitrogens with zero attached hydrogens (tertiary/aromatic N) is 2. The Kier molecular flexibility index (Phi) is 7.47. The van der Waals surface area contributed by atoms with Gasteiger partial charge in [0.2, 0.25) is 0 Å². The first-order valence-electron chi connectivity index (χ1n) is 6.25. The molecule has 0 saturated heterocycles. The van der Waals surface area contributed by atoms with Crippen molar-refractivity contribution in [2.45, 2.75) is 19.9 Å². The summed E-state index contributed by atoms with van der Waals surface area (Å²) in [5.74, 6) is 2.09. The zero-order valence-corrected chi connectivity index (χ0v) is 12.9. The van der Waals surface area contributed by atoms with Crippen LogP contribution in [0.3, 0.4) is 0 Å². The standard InChI is InChI=1S/C13H22ClN3S/c1-4-7-15-10-12-11(14)5-6-13(16-12)17(2)8-9-18-3/h5-6,15H,4,7-10H2,1-3H3. The van der Waals surface area contributed by atoms with Crippen molar-refractivity contribution in [3.05, 3.63) is 22.8 Å². The first-order chi connectivity index (χ1) is 8.69. The van der Waals surface area contributed by atoms with Crippen LogP contribution in [0.4, 0.5) is 5.82 Å². The van der Waals surface area contributed by atoms with Crippen LogP contribution in [0.5, 0.6) is 0 Å². The Morgan fingerprint density at radius 2 is 2.22 bits per heavy atom. The Balaban J connectivity index is 2.67. The Morgan fingerprint density at radius 3 is 2.89 bits per heavy atom. The number of hydrogen-bond donors (Lipinski definition) is 1. The molecule has 0 bridgehead atoms. The fourth-order valence-electron chi connectivity index (χ4n) is 1.54. The van der Waals surface area contributed by atoms with Gasteiger partial charge >= 0.3 is 0 Å². The second kappa shape index (κ2) is 8.62. The lowest BCUT2D eigenvalue weighted by molar-refractivity contribution is 0.664. The van der Waals surface area contributed by atoms with Crippen molar-refractivity contribution in [2.75, 3.05) is 37.0 Å². The van der Waals surface area contributed by atoms with Crippen LogP contribution in [0.15, 0.2) is 12.1 Å². The summed E-state index contributed by atoms with van der Waals surface area (Å²) in [7, 11) is 2.07. The van der Waals surface area contributed by atoms with Gasteiger partial charge in [-0.3, -0.25) is 0 Å². The lowest BCUT2D eigenvalue weighted by Gasteiger charge is -2.18. The van der Waals surface area contributed by atoms with Crippen molar-refractivity contribution in [3.8, 4) is 0 Å². The quantitative estimate of drug-likeness (QED) is 0.744. The minimum absolute atomic E-state index is 0.733. The molecule has 0 atom stereocenters. The molecule has 0 aliphatic heterocycles. The zero-order chi connectivity index (χ0) is 13.4. The van der Waals surface area contributed by atoms with E-state index in [2.05, 4.69) is 35.4 Å². The zero-order valence-electron chi connectivity index (χ0n) is 11.4. The molecule has 102 valence electrons. The van der Waals surface area contributed by atoms with Gasteiger partial charge in [0.1, 0.15) is 5.82 Å². The van der Waals surface area contributed by atoms with Gasteiger partial charge in [0.25, 0.3) is 0 Å². The van der Waals surface area contributed by atoms with E-state index < -0.39 is 0 Å². The van der Waals surface area contributed by atoms with E-state index in [0.717, 1.165) is 48.3 Å². The number of nitrogens with one attached hydrogen (secondary N) is 1. The van der Waals surface area contributed by atoms with Gasteiger partial charge in [0.05, 0.1) is 10.7 Å². The molecule has 0 unspecified atom stereocenters. The second-order valence-corrected chi connectivity index (χ2v) is 5.58. The normalized spacial score (nSPS) is 10.7. The Labute approximate surface area is 119 Å². The summed E-state index contributed by atoms with van der Waals surface area (Å²) < 4.78 is 0. The van der Waals surface area contributed by atoms with Crippen LogP contribution in [-0.4, -0.2) is 37.1 Å². The SMILES string of the molecule is CCCNCc1nc(N(C)CCSC)ccc1Cl. The van der Waals surface area contributed by atoms with E-state index in [0.29, 0.717) is 0 Å². The van der Waals surface area contributed by atoms with E-state index in [-0.39, 0.29) is 0 Å². The first kappa shape index (κ1) is 15.6. The summed E-state index contributed by atoms with van der Waals surface area (Å²) in [6.45, 7) is 4.87. The van der Waals surface area contributed by atoms with Gasteiger partial charge in [0, 0.05) is 25.9 Å². The number of hydrogen-bond acceptors (Lipinski definition) is 4. The van der Waals surface area contributed by atoms with Gasteiger partial charge in [-0.05, 0) is 31.4 Å². The molecule has 1 aromatic rings. The van der Waals surface area contributed by atoms with Crippen LogP contribution in [0.25, 0.3) is 0 Å². The number of pyridine rings is 1. The molecule has 1 N–H and O–H groups in total. The third-order valence-corrected chi connectivity index (χ3v) is 3.58. The van der Waals surface area contributed by atoms with Crippen LogP contribution in [0.2, 0.25) is 5.02 Å². The lowest BCUT2D eigenvalue weighted by atomic mass is 10.3. The Morgan fingerprint density at radius 1 is 1.44 bits per heavy atom. The fraction of sp³-hybridized carbons (Fsp3) is 0.615. The molecule has 1 heterocycles. The van der Waals surface area contributed by atoms with Crippen molar-refractivity contribution in [2.24, 2.45) is 0 Å². The molecule has 0 aromatic carbocycles. The van der Waals surface area contributed by atoms with Gasteiger partial charge < -0.3 is 10.2 Å². The number of anilines is 1. The third kappa shape index (κ3) is 5.04. The smallest absolute Gasteiger partial charge is 0.128 e. The highest BCUT2D eigenvalue weighted by Crippen LogP contribution is 2.18. The molecule has 1 aromatic heterocycles. The maximum atomic E-state index is 6.16. The van der Waals surface area contributed by atoms with Gasteiger partial charge in [-0.1, -0.05) is 18.5 Å². The molecule has 0 fully saturated rings. The molecule has 1 rings (SSSR count). The molecule has 0 amide bonds. The van der Waals surface area contributed by atoms with E-state index in [4.69, 9.17) is 11.6 Å². The van der Waals surface area contributed by atoms with Crippen LogP contribution < -0.4 is 10.2 Å². The van der Waals surface area contributed by atoms with E-state index >= 15 is 0 Å². The summed E-state index contributed by atoms with van der Waals surface area (Å²) in [4.78, 5) is 6.78. The third-order valence-electron chi connectivity index (χ3n) is 2.65. The van der Waals surface area contributed by atoms with E-state index in [1.165, 1.54) is 0 Å². The number of halogens is 1. The lowest BCUT2D eigenvalue weighted by Crippen LogP contribution is -2.22. The number of aromatic nitrogens is 1. The van der Waals surface area contributed by atoms with Gasteiger partial charge in [0.15, 0.2) is 0 Å². The molecule has 0 saturated carbocycles. The summed E-state index contributed by atoms with van der Waals surface area (Å²) in [5, 5.41) is 4.07. The van der Waals surface area contributed by atoms with Crippen LogP contribution in [0, 0.1) is 0 Å². The van der Waals surface area contributed by atoms with Crippen molar-refractivity contribution in [3.63, 3.8) is 0 Å². The first-order valence-corrected chi connectivity index (χ1v) is 8.02. The van der Waals surface area contributed by atoms with E-state index in [1.54, 1.807) is 0 Å². The minimum Gasteiger partial charge on any atom is -0.359 e. The summed E-state index contributed by atoms with van der Waals surface area (Å²) in [5.41, 5.74) is 0.929. The highest BCUT2D eigenvalue weighted by molar-refractivity contribution is 7.98. The van der Waals surface area contributed by atoms with Crippen LogP contribution in [-0.2, 0) is 6.54 Å². The largest absolute Gasteiger partial charge is 0.359 e. The molecule has 0 aliphatic rings. The molecular formula is C13H22ClN3S. The number of rotatable bonds is 8. The predicted molar refractivity (Wildman–Crippen MR) is 82.9 cm³/mol. The van der Waals surface area contributed by atoms with E-state index in [9.17, 15) is 0 Å². The van der Waals surface area contributed by atoms with Crippen LogP contribution >= 0.6 is 23.4 Å². The highest BCUT2D eigenvalue weighted by Gasteiger charge is 2.07. The van der Waals surface area contributed by atoms with Crippen LogP contribution in [0.1, 0.15) is 19.0 Å². The fourth-order valence-corrected chi connectivity index (χ4v) is 2.16. The molecule has 0 aliphatic carbocycles. The topological polar surface area (TPSA) is 28.2 Å². The second-order valence-electron chi connectivity index (χ2n) is 4.19. The van der Waals surface area contributed by atoms with Gasteiger partial charge in [-0.25, -0.2) is 4.98 Å². The van der Waals surface area contributed by atoms with Crippen molar-refractivity contribution in [1.29, 1.82) is 0 Å². The molecular weight excluding hydrogens is 266 g/mol. The maximum Gasteiger partial charge on any atom is 0.128 e. The Hall–Kier alpha value is -0.450.